The Morgan fingerprint density at radius 1 is 1.14 bits per heavy atom. The Morgan fingerprint density at radius 3 is 2.57 bits per heavy atom. The van der Waals surface area contributed by atoms with Crippen molar-refractivity contribution in [2.75, 3.05) is 18.8 Å². The molecule has 2 rings (SSSR count). The number of hydrogen-bond acceptors (Lipinski definition) is 2. The molecule has 0 bridgehead atoms. The predicted octanol–water partition coefficient (Wildman–Crippen LogP) is 2.03. The van der Waals surface area contributed by atoms with Crippen LogP contribution < -0.4 is 5.73 Å². The number of nitrogens with two attached hydrogens (primary N) is 1. The van der Waals surface area contributed by atoms with Crippen molar-refractivity contribution in [3.63, 3.8) is 0 Å². The first-order valence-electron chi connectivity index (χ1n) is 5.06. The standard InChI is InChI=1S/C12H16N2/c13-12-6-4-11(5-7-12)10-14-8-2-1-3-9-14/h1-2,4-7H,3,8-10,13H2. The summed E-state index contributed by atoms with van der Waals surface area (Å²) in [5.74, 6) is 0. The molecular weight excluding hydrogens is 172 g/mol. The van der Waals surface area contributed by atoms with Crippen molar-refractivity contribution in [3.05, 3.63) is 42.0 Å². The summed E-state index contributed by atoms with van der Waals surface area (Å²) >= 11 is 0. The summed E-state index contributed by atoms with van der Waals surface area (Å²) in [6.45, 7) is 3.27. The van der Waals surface area contributed by atoms with Gasteiger partial charge in [0.15, 0.2) is 0 Å². The lowest BCUT2D eigenvalue weighted by Crippen LogP contribution is -2.26. The van der Waals surface area contributed by atoms with Gasteiger partial charge in [0.2, 0.25) is 0 Å². The number of anilines is 1. The SMILES string of the molecule is Nc1ccc(CN2CC=CCC2)cc1. The van der Waals surface area contributed by atoms with E-state index < -0.39 is 0 Å². The van der Waals surface area contributed by atoms with Crippen LogP contribution in [0.1, 0.15) is 12.0 Å². The molecule has 0 aromatic heterocycles. The number of rotatable bonds is 2. The van der Waals surface area contributed by atoms with Crippen molar-refractivity contribution in [1.29, 1.82) is 0 Å². The molecule has 0 amide bonds. The van der Waals surface area contributed by atoms with Crippen LogP contribution in [-0.2, 0) is 6.54 Å². The molecule has 2 heteroatoms. The lowest BCUT2D eigenvalue weighted by Gasteiger charge is -2.22. The van der Waals surface area contributed by atoms with Gasteiger partial charge in [-0.1, -0.05) is 24.3 Å². The third kappa shape index (κ3) is 2.36. The zero-order chi connectivity index (χ0) is 9.80. The van der Waals surface area contributed by atoms with E-state index in [9.17, 15) is 0 Å². The van der Waals surface area contributed by atoms with E-state index in [2.05, 4.69) is 29.2 Å². The second kappa shape index (κ2) is 4.29. The van der Waals surface area contributed by atoms with Gasteiger partial charge in [-0.15, -0.1) is 0 Å². The first-order chi connectivity index (χ1) is 6.84. The van der Waals surface area contributed by atoms with Crippen molar-refractivity contribution in [2.24, 2.45) is 0 Å². The summed E-state index contributed by atoms with van der Waals surface area (Å²) in [6.07, 6.45) is 5.66. The van der Waals surface area contributed by atoms with Gasteiger partial charge in [0.1, 0.15) is 0 Å². The van der Waals surface area contributed by atoms with Crippen LogP contribution in [0.4, 0.5) is 5.69 Å². The van der Waals surface area contributed by atoms with Gasteiger partial charge in [-0.2, -0.15) is 0 Å². The van der Waals surface area contributed by atoms with Crippen LogP contribution in [0.15, 0.2) is 36.4 Å². The number of nitrogens with zero attached hydrogens (tertiary/aromatic N) is 1. The second-order valence-electron chi connectivity index (χ2n) is 3.74. The minimum absolute atomic E-state index is 0.840. The van der Waals surface area contributed by atoms with E-state index >= 15 is 0 Å². The van der Waals surface area contributed by atoms with Gasteiger partial charge in [0, 0.05) is 25.3 Å². The topological polar surface area (TPSA) is 29.3 Å². The number of benzene rings is 1. The molecule has 74 valence electrons. The monoisotopic (exact) mass is 188 g/mol. The molecule has 2 N–H and O–H groups in total. The van der Waals surface area contributed by atoms with Crippen LogP contribution in [0.5, 0.6) is 0 Å². The summed E-state index contributed by atoms with van der Waals surface area (Å²) in [5.41, 5.74) is 7.82. The lowest BCUT2D eigenvalue weighted by molar-refractivity contribution is 0.291. The molecule has 0 atom stereocenters. The Kier molecular flexibility index (Phi) is 2.84. The molecule has 0 aliphatic carbocycles. The van der Waals surface area contributed by atoms with Crippen molar-refractivity contribution in [2.45, 2.75) is 13.0 Å². The summed E-state index contributed by atoms with van der Waals surface area (Å²) in [4.78, 5) is 2.44. The fraction of sp³-hybridized carbons (Fsp3) is 0.333. The highest BCUT2D eigenvalue weighted by molar-refractivity contribution is 5.39. The highest BCUT2D eigenvalue weighted by Gasteiger charge is 2.05. The number of hydrogen-bond donors (Lipinski definition) is 1. The molecule has 0 saturated carbocycles. The quantitative estimate of drug-likeness (QED) is 0.568. The third-order valence-electron chi connectivity index (χ3n) is 2.53. The smallest absolute Gasteiger partial charge is 0.0314 e. The molecular formula is C12H16N2. The lowest BCUT2D eigenvalue weighted by atomic mass is 10.1. The van der Waals surface area contributed by atoms with Gasteiger partial charge in [0.25, 0.3) is 0 Å². The summed E-state index contributed by atoms with van der Waals surface area (Å²) < 4.78 is 0. The Morgan fingerprint density at radius 2 is 1.93 bits per heavy atom. The Bertz CT molecular complexity index is 314. The number of nitrogen functional groups attached to an aromatic ring is 1. The molecule has 0 radical (unpaired) electrons. The minimum Gasteiger partial charge on any atom is -0.399 e. The van der Waals surface area contributed by atoms with E-state index in [-0.39, 0.29) is 0 Å². The molecule has 1 aromatic rings. The predicted molar refractivity (Wildman–Crippen MR) is 59.9 cm³/mol. The first kappa shape index (κ1) is 9.28. The van der Waals surface area contributed by atoms with Gasteiger partial charge in [-0.25, -0.2) is 0 Å². The molecule has 1 aliphatic heterocycles. The van der Waals surface area contributed by atoms with Gasteiger partial charge in [-0.05, 0) is 24.1 Å². The van der Waals surface area contributed by atoms with Crippen LogP contribution in [0.3, 0.4) is 0 Å². The molecule has 14 heavy (non-hydrogen) atoms. The molecule has 0 saturated heterocycles. The van der Waals surface area contributed by atoms with Crippen molar-refractivity contribution < 1.29 is 0 Å². The highest BCUT2D eigenvalue weighted by atomic mass is 15.1. The molecule has 0 spiro atoms. The average molecular weight is 188 g/mol. The van der Waals surface area contributed by atoms with E-state index in [4.69, 9.17) is 5.73 Å². The Labute approximate surface area is 85.0 Å². The fourth-order valence-electron chi connectivity index (χ4n) is 1.71. The van der Waals surface area contributed by atoms with Crippen molar-refractivity contribution in [3.8, 4) is 0 Å². The Balaban J connectivity index is 1.96. The molecule has 0 fully saturated rings. The summed E-state index contributed by atoms with van der Waals surface area (Å²) in [7, 11) is 0. The highest BCUT2D eigenvalue weighted by Crippen LogP contribution is 2.10. The summed E-state index contributed by atoms with van der Waals surface area (Å²) in [6, 6.07) is 8.14. The maximum atomic E-state index is 5.64. The van der Waals surface area contributed by atoms with E-state index in [0.717, 1.165) is 18.8 Å². The largest absolute Gasteiger partial charge is 0.399 e. The van der Waals surface area contributed by atoms with Crippen LogP contribution in [-0.4, -0.2) is 18.0 Å². The summed E-state index contributed by atoms with van der Waals surface area (Å²) in [5, 5.41) is 0. The molecule has 1 heterocycles. The van der Waals surface area contributed by atoms with E-state index in [1.807, 2.05) is 12.1 Å². The Hall–Kier alpha value is -1.28. The fourth-order valence-corrected chi connectivity index (χ4v) is 1.71. The molecule has 2 nitrogen and oxygen atoms in total. The normalized spacial score (nSPS) is 17.1. The van der Waals surface area contributed by atoms with Crippen molar-refractivity contribution in [1.82, 2.24) is 4.90 Å². The maximum absolute atomic E-state index is 5.64. The van der Waals surface area contributed by atoms with E-state index in [1.165, 1.54) is 18.5 Å². The van der Waals surface area contributed by atoms with Crippen molar-refractivity contribution >= 4 is 5.69 Å². The third-order valence-corrected chi connectivity index (χ3v) is 2.53. The van der Waals surface area contributed by atoms with Crippen LogP contribution in [0, 0.1) is 0 Å². The van der Waals surface area contributed by atoms with Gasteiger partial charge in [-0.3, -0.25) is 4.90 Å². The van der Waals surface area contributed by atoms with Gasteiger partial charge in [0.05, 0.1) is 0 Å². The zero-order valence-electron chi connectivity index (χ0n) is 8.32. The van der Waals surface area contributed by atoms with Gasteiger partial charge >= 0.3 is 0 Å². The van der Waals surface area contributed by atoms with Gasteiger partial charge < -0.3 is 5.73 Å². The van der Waals surface area contributed by atoms with E-state index in [0.29, 0.717) is 0 Å². The van der Waals surface area contributed by atoms with Crippen LogP contribution >= 0.6 is 0 Å². The van der Waals surface area contributed by atoms with Crippen LogP contribution in [0.25, 0.3) is 0 Å². The first-order valence-corrected chi connectivity index (χ1v) is 5.06. The molecule has 1 aliphatic rings. The zero-order valence-corrected chi connectivity index (χ0v) is 8.32. The van der Waals surface area contributed by atoms with E-state index in [1.54, 1.807) is 0 Å². The minimum atomic E-state index is 0.840. The molecule has 0 unspecified atom stereocenters. The second-order valence-corrected chi connectivity index (χ2v) is 3.74. The maximum Gasteiger partial charge on any atom is 0.0314 e. The molecule has 1 aromatic carbocycles. The average Bonchev–Trinajstić information content (AvgIpc) is 2.23. The van der Waals surface area contributed by atoms with Crippen LogP contribution in [0.2, 0.25) is 0 Å².